The molecule has 0 radical (unpaired) electrons. The Labute approximate surface area is 125 Å². The number of nitrogens with one attached hydrogen (secondary N) is 1. The summed E-state index contributed by atoms with van der Waals surface area (Å²) in [5, 5.41) is 9.07. The van der Waals surface area contributed by atoms with Gasteiger partial charge in [0.15, 0.2) is 0 Å². The second-order valence-corrected chi connectivity index (χ2v) is 7.00. The number of carboxylic acids is 1. The molecule has 2 unspecified atom stereocenters. The number of rotatable bonds is 6. The van der Waals surface area contributed by atoms with E-state index in [0.29, 0.717) is 10.9 Å². The quantitative estimate of drug-likeness (QED) is 0.808. The van der Waals surface area contributed by atoms with Crippen molar-refractivity contribution in [3.05, 3.63) is 28.5 Å². The van der Waals surface area contributed by atoms with Gasteiger partial charge in [0.2, 0.25) is 10.0 Å². The van der Waals surface area contributed by atoms with Crippen LogP contribution in [-0.2, 0) is 14.8 Å². The van der Waals surface area contributed by atoms with E-state index in [1.165, 1.54) is 6.07 Å². The first-order valence-corrected chi connectivity index (χ1v) is 8.16. The molecule has 0 bridgehead atoms. The first-order valence-electron chi connectivity index (χ1n) is 5.89. The fourth-order valence-corrected chi connectivity index (χ4v) is 3.26. The molecule has 0 aliphatic rings. The second kappa shape index (κ2) is 6.64. The van der Waals surface area contributed by atoms with Gasteiger partial charge < -0.3 is 5.11 Å². The van der Waals surface area contributed by atoms with Gasteiger partial charge in [-0.1, -0.05) is 36.2 Å². The van der Waals surface area contributed by atoms with E-state index in [1.54, 1.807) is 13.8 Å². The predicted octanol–water partition coefficient (Wildman–Crippen LogP) is 2.37. The van der Waals surface area contributed by atoms with E-state index in [2.05, 4.69) is 15.9 Å². The number of sulfonamides is 1. The first kappa shape index (κ1) is 17.1. The Kier molecular flexibility index (Phi) is 5.67. The summed E-state index contributed by atoms with van der Waals surface area (Å²) in [5.74, 6) is -2.65. The second-order valence-electron chi connectivity index (χ2n) is 4.40. The van der Waals surface area contributed by atoms with Crippen molar-refractivity contribution in [1.29, 1.82) is 0 Å². The minimum Gasteiger partial charge on any atom is -0.480 e. The van der Waals surface area contributed by atoms with Crippen molar-refractivity contribution in [2.24, 2.45) is 5.92 Å². The summed E-state index contributed by atoms with van der Waals surface area (Å²) in [6.07, 6.45) is 0.475. The van der Waals surface area contributed by atoms with Crippen LogP contribution in [0.4, 0.5) is 4.39 Å². The van der Waals surface area contributed by atoms with E-state index in [4.69, 9.17) is 5.11 Å². The van der Waals surface area contributed by atoms with Crippen molar-refractivity contribution in [3.8, 4) is 0 Å². The Hall–Kier alpha value is -0.990. The Bertz CT molecular complexity index is 605. The number of benzene rings is 1. The zero-order chi connectivity index (χ0) is 15.5. The van der Waals surface area contributed by atoms with Gasteiger partial charge in [-0.15, -0.1) is 0 Å². The third-order valence-corrected chi connectivity index (χ3v) is 4.91. The van der Waals surface area contributed by atoms with E-state index < -0.39 is 38.7 Å². The molecule has 0 fully saturated rings. The zero-order valence-corrected chi connectivity index (χ0v) is 13.3. The van der Waals surface area contributed by atoms with Gasteiger partial charge >= 0.3 is 5.97 Å². The summed E-state index contributed by atoms with van der Waals surface area (Å²) in [5.41, 5.74) is 0. The topological polar surface area (TPSA) is 83.5 Å². The maximum absolute atomic E-state index is 13.7. The number of halogens is 2. The molecule has 112 valence electrons. The van der Waals surface area contributed by atoms with E-state index >= 15 is 0 Å². The van der Waals surface area contributed by atoms with Crippen LogP contribution < -0.4 is 4.72 Å². The molecule has 1 rings (SSSR count). The molecular formula is C12H15BrFNO4S. The molecule has 0 aliphatic heterocycles. The number of carboxylic acid groups (broad SMARTS) is 1. The van der Waals surface area contributed by atoms with Gasteiger partial charge in [0.1, 0.15) is 16.8 Å². The van der Waals surface area contributed by atoms with Gasteiger partial charge in [0.25, 0.3) is 0 Å². The van der Waals surface area contributed by atoms with Gasteiger partial charge in [-0.05, 0) is 24.1 Å². The molecule has 0 amide bonds. The van der Waals surface area contributed by atoms with Crippen molar-refractivity contribution in [1.82, 2.24) is 4.72 Å². The standard InChI is InChI=1S/C12H15BrFNO4S/c1-3-7(2)11(12(16)17)15-20(18,19)10-5-4-8(13)6-9(10)14/h4-7,11,15H,3H2,1-2H3,(H,16,17). The summed E-state index contributed by atoms with van der Waals surface area (Å²) in [6.45, 7) is 3.36. The van der Waals surface area contributed by atoms with Gasteiger partial charge in [0.05, 0.1) is 0 Å². The van der Waals surface area contributed by atoms with Crippen molar-refractivity contribution in [2.75, 3.05) is 0 Å². The summed E-state index contributed by atoms with van der Waals surface area (Å²) < 4.78 is 40.3. The van der Waals surface area contributed by atoms with Crippen LogP contribution in [0.5, 0.6) is 0 Å². The van der Waals surface area contributed by atoms with Gasteiger partial charge in [-0.3, -0.25) is 4.79 Å². The Morgan fingerprint density at radius 3 is 2.55 bits per heavy atom. The van der Waals surface area contributed by atoms with Gasteiger partial charge in [0, 0.05) is 4.47 Å². The van der Waals surface area contributed by atoms with E-state index in [-0.39, 0.29) is 0 Å². The summed E-state index contributed by atoms with van der Waals surface area (Å²) >= 11 is 3.02. The van der Waals surface area contributed by atoms with E-state index in [0.717, 1.165) is 12.1 Å². The van der Waals surface area contributed by atoms with E-state index in [1.807, 2.05) is 4.72 Å². The molecule has 20 heavy (non-hydrogen) atoms. The van der Waals surface area contributed by atoms with Crippen LogP contribution >= 0.6 is 15.9 Å². The maximum atomic E-state index is 13.7. The highest BCUT2D eigenvalue weighted by atomic mass is 79.9. The molecular weight excluding hydrogens is 353 g/mol. The molecule has 0 spiro atoms. The molecule has 2 N–H and O–H groups in total. The predicted molar refractivity (Wildman–Crippen MR) is 75.3 cm³/mol. The largest absolute Gasteiger partial charge is 0.480 e. The minimum absolute atomic E-state index is 0.394. The normalized spacial score (nSPS) is 14.8. The highest BCUT2D eigenvalue weighted by Gasteiger charge is 2.30. The summed E-state index contributed by atoms with van der Waals surface area (Å²) in [6, 6.07) is 2.16. The lowest BCUT2D eigenvalue weighted by Gasteiger charge is -2.20. The lowest BCUT2D eigenvalue weighted by molar-refractivity contribution is -0.140. The zero-order valence-electron chi connectivity index (χ0n) is 10.9. The number of aliphatic carboxylic acids is 1. The molecule has 0 aliphatic carbocycles. The minimum atomic E-state index is -4.23. The van der Waals surface area contributed by atoms with Crippen LogP contribution in [0.2, 0.25) is 0 Å². The molecule has 5 nitrogen and oxygen atoms in total. The highest BCUT2D eigenvalue weighted by Crippen LogP contribution is 2.20. The van der Waals surface area contributed by atoms with Crippen LogP contribution in [0.25, 0.3) is 0 Å². The van der Waals surface area contributed by atoms with Crippen LogP contribution in [0.3, 0.4) is 0 Å². The maximum Gasteiger partial charge on any atom is 0.322 e. The fourth-order valence-electron chi connectivity index (χ4n) is 1.57. The van der Waals surface area contributed by atoms with Gasteiger partial charge in [-0.25, -0.2) is 12.8 Å². The van der Waals surface area contributed by atoms with Crippen LogP contribution in [0.15, 0.2) is 27.6 Å². The lowest BCUT2D eigenvalue weighted by Crippen LogP contribution is -2.45. The number of hydrogen-bond donors (Lipinski definition) is 2. The first-order chi connectivity index (χ1) is 9.19. The average Bonchev–Trinajstić information content (AvgIpc) is 2.34. The molecule has 0 saturated heterocycles. The van der Waals surface area contributed by atoms with Crippen molar-refractivity contribution in [3.63, 3.8) is 0 Å². The third kappa shape index (κ3) is 4.00. The Morgan fingerprint density at radius 1 is 1.50 bits per heavy atom. The third-order valence-electron chi connectivity index (χ3n) is 2.94. The number of hydrogen-bond acceptors (Lipinski definition) is 3. The Morgan fingerprint density at radius 2 is 2.10 bits per heavy atom. The molecule has 2 atom stereocenters. The molecule has 1 aromatic rings. The molecule has 0 aromatic heterocycles. The van der Waals surface area contributed by atoms with Crippen molar-refractivity contribution in [2.45, 2.75) is 31.2 Å². The van der Waals surface area contributed by atoms with Crippen LogP contribution in [0, 0.1) is 11.7 Å². The smallest absolute Gasteiger partial charge is 0.322 e. The van der Waals surface area contributed by atoms with Crippen LogP contribution in [-0.4, -0.2) is 25.5 Å². The van der Waals surface area contributed by atoms with Crippen molar-refractivity contribution < 1.29 is 22.7 Å². The lowest BCUT2D eigenvalue weighted by atomic mass is 10.0. The van der Waals surface area contributed by atoms with Gasteiger partial charge in [-0.2, -0.15) is 4.72 Å². The average molecular weight is 368 g/mol. The van der Waals surface area contributed by atoms with Crippen LogP contribution in [0.1, 0.15) is 20.3 Å². The monoisotopic (exact) mass is 367 g/mol. The van der Waals surface area contributed by atoms with Crippen molar-refractivity contribution >= 4 is 31.9 Å². The molecule has 0 heterocycles. The SMILES string of the molecule is CCC(C)C(NS(=O)(=O)c1ccc(Br)cc1F)C(=O)O. The molecule has 1 aromatic carbocycles. The highest BCUT2D eigenvalue weighted by molar-refractivity contribution is 9.10. The summed E-state index contributed by atoms with van der Waals surface area (Å²) in [7, 11) is -4.23. The van der Waals surface area contributed by atoms with E-state index in [9.17, 15) is 17.6 Å². The fraction of sp³-hybridized carbons (Fsp3) is 0.417. The Balaban J connectivity index is 3.13. The number of carbonyl (C=O) groups is 1. The summed E-state index contributed by atoms with van der Waals surface area (Å²) in [4.78, 5) is 10.5. The molecule has 8 heteroatoms. The molecule has 0 saturated carbocycles.